The molecule has 29 heavy (non-hydrogen) atoms. The lowest BCUT2D eigenvalue weighted by Gasteiger charge is -2.13. The number of hydrogen-bond donors (Lipinski definition) is 3. The summed E-state index contributed by atoms with van der Waals surface area (Å²) in [5.41, 5.74) is 13.9. The van der Waals surface area contributed by atoms with Crippen molar-refractivity contribution in [3.8, 4) is 11.5 Å². The summed E-state index contributed by atoms with van der Waals surface area (Å²) in [6.45, 7) is 0. The second-order valence-electron chi connectivity index (χ2n) is 6.53. The molecule has 2 aromatic rings. The Balaban J connectivity index is 1.61. The van der Waals surface area contributed by atoms with Crippen LogP contribution in [0.1, 0.15) is 11.1 Å². The average molecular weight is 415 g/mol. The molecule has 0 spiro atoms. The van der Waals surface area contributed by atoms with E-state index in [9.17, 15) is 14.4 Å². The number of hydrogen-bond acceptors (Lipinski definition) is 8. The fraction of sp³-hybridized carbons (Fsp3) is 0.250. The maximum Gasteiger partial charge on any atom is 0.322 e. The van der Waals surface area contributed by atoms with Gasteiger partial charge in [-0.2, -0.15) is 0 Å². The van der Waals surface area contributed by atoms with Crippen LogP contribution in [0.2, 0.25) is 0 Å². The molecule has 1 aliphatic rings. The molecule has 1 heterocycles. The molecule has 2 atom stereocenters. The van der Waals surface area contributed by atoms with Crippen LogP contribution in [0, 0.1) is 0 Å². The Hall–Kier alpha value is -3.04. The van der Waals surface area contributed by atoms with Crippen LogP contribution in [0.25, 0.3) is 0 Å². The number of amides is 2. The molecule has 5 N–H and O–H groups in total. The SMILES string of the molecule is COC(=O)C(N)Cc1ccc(Oc2ccc(CC3SC(=O)NC3=O)cc2)cc1N. The lowest BCUT2D eigenvalue weighted by atomic mass is 10.0. The molecule has 2 unspecified atom stereocenters. The van der Waals surface area contributed by atoms with Crippen molar-refractivity contribution in [1.82, 2.24) is 5.32 Å². The summed E-state index contributed by atoms with van der Waals surface area (Å²) in [6, 6.07) is 11.6. The first-order chi connectivity index (χ1) is 13.9. The van der Waals surface area contributed by atoms with Gasteiger partial charge in [0.2, 0.25) is 5.91 Å². The number of rotatable bonds is 7. The van der Waals surface area contributed by atoms with Gasteiger partial charge in [-0.3, -0.25) is 19.7 Å². The summed E-state index contributed by atoms with van der Waals surface area (Å²) in [7, 11) is 1.29. The number of nitrogens with one attached hydrogen (secondary N) is 1. The van der Waals surface area contributed by atoms with Crippen LogP contribution < -0.4 is 21.5 Å². The highest BCUT2D eigenvalue weighted by Crippen LogP contribution is 2.28. The molecule has 0 saturated carbocycles. The Morgan fingerprint density at radius 2 is 1.86 bits per heavy atom. The van der Waals surface area contributed by atoms with Gasteiger partial charge in [0.05, 0.1) is 12.4 Å². The Bertz CT molecular complexity index is 932. The zero-order valence-corrected chi connectivity index (χ0v) is 16.5. The fourth-order valence-electron chi connectivity index (χ4n) is 2.87. The summed E-state index contributed by atoms with van der Waals surface area (Å²) in [4.78, 5) is 34.3. The highest BCUT2D eigenvalue weighted by molar-refractivity contribution is 8.15. The predicted octanol–water partition coefficient (Wildman–Crippen LogP) is 2.00. The maximum absolute atomic E-state index is 11.7. The quantitative estimate of drug-likeness (QED) is 0.462. The zero-order chi connectivity index (χ0) is 21.0. The first-order valence-corrected chi connectivity index (χ1v) is 9.73. The number of methoxy groups -OCH3 is 1. The van der Waals surface area contributed by atoms with Gasteiger partial charge in [-0.1, -0.05) is 30.0 Å². The first kappa shape index (κ1) is 20.7. The number of anilines is 1. The monoisotopic (exact) mass is 415 g/mol. The third kappa shape index (κ3) is 5.27. The topological polar surface area (TPSA) is 134 Å². The van der Waals surface area contributed by atoms with Crippen molar-refractivity contribution in [1.29, 1.82) is 0 Å². The number of benzene rings is 2. The van der Waals surface area contributed by atoms with Crippen LogP contribution >= 0.6 is 11.8 Å². The molecule has 1 saturated heterocycles. The van der Waals surface area contributed by atoms with Crippen molar-refractivity contribution in [3.63, 3.8) is 0 Å². The molecule has 152 valence electrons. The highest BCUT2D eigenvalue weighted by atomic mass is 32.2. The lowest BCUT2D eigenvalue weighted by Crippen LogP contribution is -2.33. The Morgan fingerprint density at radius 3 is 2.45 bits per heavy atom. The summed E-state index contributed by atoms with van der Waals surface area (Å²) >= 11 is 1.00. The van der Waals surface area contributed by atoms with E-state index in [4.69, 9.17) is 16.2 Å². The molecule has 8 nitrogen and oxygen atoms in total. The summed E-state index contributed by atoms with van der Waals surface area (Å²) in [6.07, 6.45) is 0.730. The van der Waals surface area contributed by atoms with E-state index < -0.39 is 17.3 Å². The van der Waals surface area contributed by atoms with E-state index in [-0.39, 0.29) is 17.6 Å². The van der Waals surface area contributed by atoms with E-state index in [1.165, 1.54) is 7.11 Å². The summed E-state index contributed by atoms with van der Waals surface area (Å²) < 4.78 is 10.4. The van der Waals surface area contributed by atoms with Gasteiger partial charge in [0.25, 0.3) is 5.24 Å². The Morgan fingerprint density at radius 1 is 1.17 bits per heavy atom. The average Bonchev–Trinajstić information content (AvgIpc) is 3.01. The minimum Gasteiger partial charge on any atom is -0.468 e. The molecule has 3 rings (SSSR count). The maximum atomic E-state index is 11.7. The minimum atomic E-state index is -0.781. The van der Waals surface area contributed by atoms with Crippen LogP contribution in [0.15, 0.2) is 42.5 Å². The minimum absolute atomic E-state index is 0.261. The number of nitrogen functional groups attached to an aromatic ring is 1. The zero-order valence-electron chi connectivity index (χ0n) is 15.7. The first-order valence-electron chi connectivity index (χ1n) is 8.86. The van der Waals surface area contributed by atoms with E-state index >= 15 is 0 Å². The smallest absolute Gasteiger partial charge is 0.322 e. The molecular formula is C20H21N3O5S. The largest absolute Gasteiger partial charge is 0.468 e. The molecule has 0 aromatic heterocycles. The molecule has 1 fully saturated rings. The normalized spacial score (nSPS) is 17.0. The standard InChI is InChI=1S/C20H21N3O5S/c1-27-19(25)16(22)9-12-4-7-14(10-15(12)21)28-13-5-2-11(3-6-13)8-17-18(24)23-20(26)29-17/h2-7,10,16-17H,8-9,21-22H2,1H3,(H,23,24,26). The van der Waals surface area contributed by atoms with Gasteiger partial charge in [0.1, 0.15) is 17.5 Å². The molecule has 2 aromatic carbocycles. The van der Waals surface area contributed by atoms with E-state index in [0.29, 0.717) is 23.6 Å². The van der Waals surface area contributed by atoms with Gasteiger partial charge in [-0.25, -0.2) is 0 Å². The number of esters is 1. The molecule has 0 aliphatic carbocycles. The number of nitrogens with two attached hydrogens (primary N) is 2. The number of carbonyl (C=O) groups excluding carboxylic acids is 3. The van der Waals surface area contributed by atoms with Crippen LogP contribution in [-0.2, 0) is 27.2 Å². The van der Waals surface area contributed by atoms with E-state index in [1.807, 2.05) is 12.1 Å². The van der Waals surface area contributed by atoms with Crippen molar-refractivity contribution in [2.24, 2.45) is 5.73 Å². The van der Waals surface area contributed by atoms with Crippen LogP contribution in [-0.4, -0.2) is 35.5 Å². The van der Waals surface area contributed by atoms with E-state index in [1.54, 1.807) is 30.3 Å². The third-order valence-electron chi connectivity index (χ3n) is 4.41. The van der Waals surface area contributed by atoms with Crippen molar-refractivity contribution >= 4 is 34.6 Å². The van der Waals surface area contributed by atoms with Crippen LogP contribution in [0.4, 0.5) is 10.5 Å². The van der Waals surface area contributed by atoms with Gasteiger partial charge in [-0.15, -0.1) is 0 Å². The summed E-state index contributed by atoms with van der Waals surface area (Å²) in [5.74, 6) is 0.388. The summed E-state index contributed by atoms with van der Waals surface area (Å²) in [5, 5.41) is 1.56. The van der Waals surface area contributed by atoms with Crippen molar-refractivity contribution < 1.29 is 23.9 Å². The van der Waals surface area contributed by atoms with E-state index in [2.05, 4.69) is 10.1 Å². The lowest BCUT2D eigenvalue weighted by molar-refractivity contribution is -0.142. The van der Waals surface area contributed by atoms with Gasteiger partial charge in [0, 0.05) is 18.2 Å². The van der Waals surface area contributed by atoms with Crippen molar-refractivity contribution in [3.05, 3.63) is 53.6 Å². The van der Waals surface area contributed by atoms with Crippen molar-refractivity contribution in [2.45, 2.75) is 24.1 Å². The van der Waals surface area contributed by atoms with Crippen LogP contribution in [0.3, 0.4) is 0 Å². The van der Waals surface area contributed by atoms with Gasteiger partial charge in [0.15, 0.2) is 0 Å². The fourth-order valence-corrected chi connectivity index (χ4v) is 3.73. The second kappa shape index (κ2) is 8.97. The molecule has 9 heteroatoms. The molecule has 2 amide bonds. The van der Waals surface area contributed by atoms with Crippen molar-refractivity contribution in [2.75, 3.05) is 12.8 Å². The number of ether oxygens (including phenoxy) is 2. The van der Waals surface area contributed by atoms with Crippen LogP contribution in [0.5, 0.6) is 11.5 Å². The number of thioether (sulfide) groups is 1. The Kier molecular flexibility index (Phi) is 6.40. The highest BCUT2D eigenvalue weighted by Gasteiger charge is 2.31. The Labute approximate surface area is 171 Å². The third-order valence-corrected chi connectivity index (χ3v) is 5.39. The van der Waals surface area contributed by atoms with Gasteiger partial charge >= 0.3 is 5.97 Å². The molecular weight excluding hydrogens is 394 g/mol. The van der Waals surface area contributed by atoms with Gasteiger partial charge in [-0.05, 0) is 35.7 Å². The number of imide groups is 1. The predicted molar refractivity (Wildman–Crippen MR) is 110 cm³/mol. The second-order valence-corrected chi connectivity index (χ2v) is 7.70. The molecule has 0 radical (unpaired) electrons. The van der Waals surface area contributed by atoms with E-state index in [0.717, 1.165) is 22.9 Å². The molecule has 1 aliphatic heterocycles. The number of carbonyl (C=O) groups is 3. The molecule has 0 bridgehead atoms. The van der Waals surface area contributed by atoms with Gasteiger partial charge < -0.3 is 20.9 Å².